The molecule has 0 amide bonds. The number of nitrogens with two attached hydrogens (primary N) is 1. The Morgan fingerprint density at radius 2 is 2.42 bits per heavy atom. The van der Waals surface area contributed by atoms with Crippen LogP contribution in [0, 0.1) is 12.8 Å². The standard InChI is InChI=1S/C12H17N3O4/c1-6-4-15(11(18)14-9(6)13)10-7-2-3-12(5-16,19-10)8(7)17/h4,7-8,10,16-17H,2-3,5H2,1H3,(H2,13,14,18)/t7-,8+,10-,12-/m1/s1. The first-order valence-electron chi connectivity index (χ1n) is 6.30. The van der Waals surface area contributed by atoms with Crippen LogP contribution >= 0.6 is 0 Å². The molecule has 0 unspecified atom stereocenters. The van der Waals surface area contributed by atoms with Crippen molar-refractivity contribution in [2.24, 2.45) is 5.92 Å². The molecule has 7 nitrogen and oxygen atoms in total. The van der Waals surface area contributed by atoms with Gasteiger partial charge in [-0.3, -0.25) is 4.57 Å². The van der Waals surface area contributed by atoms with Gasteiger partial charge >= 0.3 is 5.69 Å². The van der Waals surface area contributed by atoms with Crippen molar-refractivity contribution in [1.82, 2.24) is 9.55 Å². The summed E-state index contributed by atoms with van der Waals surface area (Å²) in [6.45, 7) is 1.50. The number of aromatic nitrogens is 2. The number of ether oxygens (including phenoxy) is 1. The first-order valence-corrected chi connectivity index (χ1v) is 6.30. The maximum absolute atomic E-state index is 11.9. The molecule has 4 N–H and O–H groups in total. The van der Waals surface area contributed by atoms with Gasteiger partial charge in [0.25, 0.3) is 0 Å². The molecule has 1 saturated carbocycles. The molecule has 19 heavy (non-hydrogen) atoms. The Kier molecular flexibility index (Phi) is 2.67. The topological polar surface area (TPSA) is 111 Å². The minimum Gasteiger partial charge on any atom is -0.393 e. The van der Waals surface area contributed by atoms with Crippen LogP contribution in [0.4, 0.5) is 5.82 Å². The zero-order valence-corrected chi connectivity index (χ0v) is 10.6. The third-order valence-corrected chi connectivity index (χ3v) is 4.28. The Hall–Kier alpha value is -1.44. The van der Waals surface area contributed by atoms with Crippen LogP contribution in [-0.2, 0) is 4.74 Å². The number of hydrogen-bond donors (Lipinski definition) is 3. The van der Waals surface area contributed by atoms with Crippen LogP contribution in [0.25, 0.3) is 0 Å². The quantitative estimate of drug-likeness (QED) is 0.644. The first-order chi connectivity index (χ1) is 8.98. The molecule has 1 aromatic rings. The maximum Gasteiger partial charge on any atom is 0.351 e. The van der Waals surface area contributed by atoms with Gasteiger partial charge in [0.15, 0.2) is 0 Å². The second kappa shape index (κ2) is 4.03. The van der Waals surface area contributed by atoms with E-state index in [1.54, 1.807) is 13.1 Å². The second-order valence-corrected chi connectivity index (χ2v) is 5.38. The summed E-state index contributed by atoms with van der Waals surface area (Å²) in [6.07, 6.45) is 1.56. The number of nitrogen functional groups attached to an aromatic ring is 1. The first kappa shape index (κ1) is 12.6. The van der Waals surface area contributed by atoms with Crippen LogP contribution in [0.15, 0.2) is 11.0 Å². The molecule has 0 radical (unpaired) electrons. The summed E-state index contributed by atoms with van der Waals surface area (Å²) in [5.74, 6) is -0.00324. The van der Waals surface area contributed by atoms with E-state index in [1.165, 1.54) is 4.57 Å². The van der Waals surface area contributed by atoms with Crippen LogP contribution in [0.1, 0.15) is 24.6 Å². The molecule has 1 aliphatic carbocycles. The predicted octanol–water partition coefficient (Wildman–Crippen LogP) is -0.835. The van der Waals surface area contributed by atoms with E-state index in [2.05, 4.69) is 4.98 Å². The van der Waals surface area contributed by atoms with Gasteiger partial charge in [0.2, 0.25) is 0 Å². The summed E-state index contributed by atoms with van der Waals surface area (Å²) in [5.41, 5.74) is 4.83. The minimum atomic E-state index is -0.940. The van der Waals surface area contributed by atoms with Crippen LogP contribution in [0.3, 0.4) is 0 Å². The largest absolute Gasteiger partial charge is 0.393 e. The van der Waals surface area contributed by atoms with E-state index in [-0.39, 0.29) is 18.3 Å². The Balaban J connectivity index is 2.02. The van der Waals surface area contributed by atoms with E-state index in [0.29, 0.717) is 18.4 Å². The van der Waals surface area contributed by atoms with Crippen LogP contribution < -0.4 is 11.4 Å². The second-order valence-electron chi connectivity index (χ2n) is 5.38. The van der Waals surface area contributed by atoms with Gasteiger partial charge in [-0.05, 0) is 19.8 Å². The lowest BCUT2D eigenvalue weighted by atomic mass is 10.0. The lowest BCUT2D eigenvalue weighted by Crippen LogP contribution is -2.41. The summed E-state index contributed by atoms with van der Waals surface area (Å²) < 4.78 is 7.11. The van der Waals surface area contributed by atoms with Crippen molar-refractivity contribution in [2.45, 2.75) is 37.7 Å². The van der Waals surface area contributed by atoms with Crippen LogP contribution in [0.2, 0.25) is 0 Å². The third kappa shape index (κ3) is 1.62. The molecule has 1 aromatic heterocycles. The molecule has 2 heterocycles. The van der Waals surface area contributed by atoms with Gasteiger partial charge in [-0.1, -0.05) is 0 Å². The van der Waals surface area contributed by atoms with Crippen molar-refractivity contribution in [3.8, 4) is 0 Å². The maximum atomic E-state index is 11.9. The molecular weight excluding hydrogens is 250 g/mol. The number of aryl methyl sites for hydroxylation is 1. The van der Waals surface area contributed by atoms with Crippen molar-refractivity contribution in [3.63, 3.8) is 0 Å². The summed E-state index contributed by atoms with van der Waals surface area (Å²) in [5, 5.41) is 19.6. The van der Waals surface area contributed by atoms with E-state index in [1.807, 2.05) is 0 Å². The van der Waals surface area contributed by atoms with Crippen molar-refractivity contribution < 1.29 is 14.9 Å². The highest BCUT2D eigenvalue weighted by molar-refractivity contribution is 5.35. The highest BCUT2D eigenvalue weighted by atomic mass is 16.6. The number of rotatable bonds is 2. The van der Waals surface area contributed by atoms with Gasteiger partial charge in [-0.25, -0.2) is 4.79 Å². The highest BCUT2D eigenvalue weighted by Gasteiger charge is 2.59. The van der Waals surface area contributed by atoms with Gasteiger partial charge in [0.1, 0.15) is 17.6 Å². The molecule has 7 heteroatoms. The van der Waals surface area contributed by atoms with Crippen molar-refractivity contribution in [3.05, 3.63) is 22.2 Å². The minimum absolute atomic E-state index is 0.196. The fourth-order valence-corrected chi connectivity index (χ4v) is 3.10. The van der Waals surface area contributed by atoms with Gasteiger partial charge in [-0.2, -0.15) is 4.98 Å². The Morgan fingerprint density at radius 1 is 1.68 bits per heavy atom. The molecule has 0 aromatic carbocycles. The number of nitrogens with zero attached hydrogens (tertiary/aromatic N) is 2. The van der Waals surface area contributed by atoms with Gasteiger partial charge in [0.05, 0.1) is 12.7 Å². The van der Waals surface area contributed by atoms with E-state index in [0.717, 1.165) is 0 Å². The van der Waals surface area contributed by atoms with Crippen molar-refractivity contribution >= 4 is 5.82 Å². The molecule has 0 spiro atoms. The third-order valence-electron chi connectivity index (χ3n) is 4.28. The molecule has 3 rings (SSSR count). The highest BCUT2D eigenvalue weighted by Crippen LogP contribution is 2.52. The smallest absolute Gasteiger partial charge is 0.351 e. The number of aliphatic hydroxyl groups excluding tert-OH is 2. The number of fused-ring (bicyclic) bond motifs is 2. The SMILES string of the molecule is Cc1cn([C@@H]2O[C@@]3(CO)CC[C@@H]2[C@@H]3O)c(=O)nc1N. The van der Waals surface area contributed by atoms with Crippen molar-refractivity contribution in [1.29, 1.82) is 0 Å². The fraction of sp³-hybridized carbons (Fsp3) is 0.667. The number of hydrogen-bond acceptors (Lipinski definition) is 6. The molecule has 2 bridgehead atoms. The molecule has 4 atom stereocenters. The van der Waals surface area contributed by atoms with E-state index in [9.17, 15) is 15.0 Å². The normalized spacial score (nSPS) is 36.9. The lowest BCUT2D eigenvalue weighted by molar-refractivity contribution is -0.140. The van der Waals surface area contributed by atoms with Crippen molar-refractivity contribution in [2.75, 3.05) is 12.3 Å². The average molecular weight is 267 g/mol. The van der Waals surface area contributed by atoms with Gasteiger partial charge in [-0.15, -0.1) is 0 Å². The number of aliphatic hydroxyl groups is 2. The summed E-state index contributed by atoms with van der Waals surface area (Å²) >= 11 is 0. The van der Waals surface area contributed by atoms with Crippen LogP contribution in [-0.4, -0.2) is 38.1 Å². The Morgan fingerprint density at radius 3 is 3.05 bits per heavy atom. The Bertz CT molecular complexity index is 573. The summed E-state index contributed by atoms with van der Waals surface area (Å²) in [6, 6.07) is 0. The molecule has 2 aliphatic rings. The number of anilines is 1. The van der Waals surface area contributed by atoms with Crippen LogP contribution in [0.5, 0.6) is 0 Å². The average Bonchev–Trinajstić information content (AvgIpc) is 2.85. The Labute approximate surface area is 109 Å². The zero-order chi connectivity index (χ0) is 13.8. The van der Waals surface area contributed by atoms with Gasteiger partial charge < -0.3 is 20.7 Å². The van der Waals surface area contributed by atoms with Gasteiger partial charge in [0, 0.05) is 17.7 Å². The van der Waals surface area contributed by atoms with E-state index < -0.39 is 23.6 Å². The van der Waals surface area contributed by atoms with E-state index in [4.69, 9.17) is 10.5 Å². The monoisotopic (exact) mass is 267 g/mol. The summed E-state index contributed by atoms with van der Waals surface area (Å²) in [7, 11) is 0. The predicted molar refractivity (Wildman–Crippen MR) is 66.3 cm³/mol. The molecule has 1 aliphatic heterocycles. The molecule has 2 fully saturated rings. The molecule has 1 saturated heterocycles. The molecule has 104 valence electrons. The fourth-order valence-electron chi connectivity index (χ4n) is 3.10. The molecular formula is C12H17N3O4. The lowest BCUT2D eigenvalue weighted by Gasteiger charge is -2.30. The zero-order valence-electron chi connectivity index (χ0n) is 10.6. The summed E-state index contributed by atoms with van der Waals surface area (Å²) in [4.78, 5) is 15.6. The van der Waals surface area contributed by atoms with E-state index >= 15 is 0 Å².